The number of alkyl halides is 3. The van der Waals surface area contributed by atoms with Gasteiger partial charge in [0.25, 0.3) is 0 Å². The van der Waals surface area contributed by atoms with Crippen LogP contribution in [0.15, 0.2) is 72.8 Å². The van der Waals surface area contributed by atoms with E-state index in [9.17, 15) is 18.0 Å². The van der Waals surface area contributed by atoms with Crippen molar-refractivity contribution in [2.75, 3.05) is 0 Å². The fourth-order valence-corrected chi connectivity index (χ4v) is 2.53. The number of hydrogen-bond acceptors (Lipinski definition) is 2. The molecule has 0 fully saturated rings. The molecule has 0 atom stereocenters. The second-order valence-electron chi connectivity index (χ2n) is 5.76. The second-order valence-corrected chi connectivity index (χ2v) is 5.76. The molecule has 0 aliphatic rings. The summed E-state index contributed by atoms with van der Waals surface area (Å²) in [6, 6.07) is 19.7. The molecular weight excluding hydrogens is 341 g/mol. The maximum atomic E-state index is 13.0. The lowest BCUT2D eigenvalue weighted by Crippen LogP contribution is -2.06. The Morgan fingerprint density at radius 1 is 0.846 bits per heavy atom. The molecule has 0 amide bonds. The summed E-state index contributed by atoms with van der Waals surface area (Å²) in [5.41, 5.74) is 1.06. The van der Waals surface area contributed by atoms with Crippen LogP contribution in [0.3, 0.4) is 0 Å². The minimum atomic E-state index is -4.51. The molecule has 3 rings (SSSR count). The number of hydrogen-bond donors (Lipinski definition) is 0. The first-order valence-corrected chi connectivity index (χ1v) is 7.90. The van der Waals surface area contributed by atoms with Gasteiger partial charge in [-0.05, 0) is 47.0 Å². The first kappa shape index (κ1) is 17.7. The summed E-state index contributed by atoms with van der Waals surface area (Å²) < 4.78 is 44.6. The minimum absolute atomic E-state index is 0.0146. The fourth-order valence-electron chi connectivity index (χ4n) is 2.53. The molecule has 0 N–H and O–H groups in total. The quantitative estimate of drug-likeness (QED) is 0.543. The molecule has 132 valence electrons. The van der Waals surface area contributed by atoms with Crippen molar-refractivity contribution in [3.05, 3.63) is 89.5 Å². The zero-order valence-corrected chi connectivity index (χ0v) is 13.7. The van der Waals surface area contributed by atoms with Crippen molar-refractivity contribution in [1.29, 1.82) is 0 Å². The van der Waals surface area contributed by atoms with Crippen LogP contribution in [0.5, 0.6) is 5.75 Å². The van der Waals surface area contributed by atoms with Gasteiger partial charge in [-0.2, -0.15) is 13.2 Å². The van der Waals surface area contributed by atoms with E-state index >= 15 is 0 Å². The molecule has 5 heteroatoms. The molecule has 0 bridgehead atoms. The van der Waals surface area contributed by atoms with E-state index in [0.29, 0.717) is 29.8 Å². The molecule has 0 saturated carbocycles. The van der Waals surface area contributed by atoms with Gasteiger partial charge in [-0.15, -0.1) is 0 Å². The van der Waals surface area contributed by atoms with Crippen LogP contribution in [-0.2, 0) is 12.8 Å². The standard InChI is InChI=1S/C21H15F3O2/c22-21(23,24)19-11-16(13-25)10-18(12-19)17-6-8-20(9-7-17)26-14-15-4-2-1-3-5-15/h1-13H,14H2. The van der Waals surface area contributed by atoms with Gasteiger partial charge in [-0.1, -0.05) is 42.5 Å². The summed E-state index contributed by atoms with van der Waals surface area (Å²) in [7, 11) is 0. The zero-order valence-electron chi connectivity index (χ0n) is 13.7. The number of benzene rings is 3. The first-order chi connectivity index (χ1) is 12.5. The van der Waals surface area contributed by atoms with Crippen LogP contribution >= 0.6 is 0 Å². The Labute approximate surface area is 148 Å². The van der Waals surface area contributed by atoms with Gasteiger partial charge in [-0.3, -0.25) is 4.79 Å². The van der Waals surface area contributed by atoms with E-state index in [2.05, 4.69) is 0 Å². The Morgan fingerprint density at radius 3 is 2.15 bits per heavy atom. The van der Waals surface area contributed by atoms with E-state index in [0.717, 1.165) is 17.7 Å². The third-order valence-electron chi connectivity index (χ3n) is 3.85. The van der Waals surface area contributed by atoms with Crippen LogP contribution in [-0.4, -0.2) is 6.29 Å². The molecule has 0 unspecified atom stereocenters. The van der Waals surface area contributed by atoms with Gasteiger partial charge in [0.1, 0.15) is 18.6 Å². The Morgan fingerprint density at radius 2 is 1.54 bits per heavy atom. The first-order valence-electron chi connectivity index (χ1n) is 7.90. The summed E-state index contributed by atoms with van der Waals surface area (Å²) in [4.78, 5) is 11.0. The minimum Gasteiger partial charge on any atom is -0.489 e. The highest BCUT2D eigenvalue weighted by molar-refractivity contribution is 5.79. The van der Waals surface area contributed by atoms with E-state index in [-0.39, 0.29) is 5.56 Å². The lowest BCUT2D eigenvalue weighted by atomic mass is 10.00. The predicted molar refractivity (Wildman–Crippen MR) is 93.0 cm³/mol. The molecule has 0 heterocycles. The summed E-state index contributed by atoms with van der Waals surface area (Å²) >= 11 is 0. The Balaban J connectivity index is 1.81. The van der Waals surface area contributed by atoms with Gasteiger partial charge in [0.15, 0.2) is 0 Å². The SMILES string of the molecule is O=Cc1cc(-c2ccc(OCc3ccccc3)cc2)cc(C(F)(F)F)c1. The number of carbonyl (C=O) groups is 1. The topological polar surface area (TPSA) is 26.3 Å². The van der Waals surface area contributed by atoms with E-state index in [4.69, 9.17) is 4.74 Å². The number of aldehydes is 1. The average molecular weight is 356 g/mol. The maximum absolute atomic E-state index is 13.0. The van der Waals surface area contributed by atoms with Crippen molar-refractivity contribution in [3.8, 4) is 16.9 Å². The van der Waals surface area contributed by atoms with Crippen molar-refractivity contribution in [2.45, 2.75) is 12.8 Å². The summed E-state index contributed by atoms with van der Waals surface area (Å²) in [5, 5.41) is 0. The van der Waals surface area contributed by atoms with Gasteiger partial charge >= 0.3 is 6.18 Å². The third kappa shape index (κ3) is 4.30. The second kappa shape index (κ2) is 7.44. The van der Waals surface area contributed by atoms with Crippen LogP contribution in [0, 0.1) is 0 Å². The predicted octanol–water partition coefficient (Wildman–Crippen LogP) is 5.76. The van der Waals surface area contributed by atoms with Crippen LogP contribution in [0.1, 0.15) is 21.5 Å². The van der Waals surface area contributed by atoms with Crippen molar-refractivity contribution in [3.63, 3.8) is 0 Å². The van der Waals surface area contributed by atoms with Crippen LogP contribution < -0.4 is 4.74 Å². The maximum Gasteiger partial charge on any atom is 0.416 e. The number of carbonyl (C=O) groups excluding carboxylic acids is 1. The Kier molecular flexibility index (Phi) is 5.07. The van der Waals surface area contributed by atoms with E-state index in [1.54, 1.807) is 24.3 Å². The molecule has 26 heavy (non-hydrogen) atoms. The van der Waals surface area contributed by atoms with Crippen LogP contribution in [0.4, 0.5) is 13.2 Å². The molecule has 0 radical (unpaired) electrons. The normalized spacial score (nSPS) is 11.2. The monoisotopic (exact) mass is 356 g/mol. The fraction of sp³-hybridized carbons (Fsp3) is 0.0952. The van der Waals surface area contributed by atoms with Crippen molar-refractivity contribution < 1.29 is 22.7 Å². The van der Waals surface area contributed by atoms with Crippen molar-refractivity contribution in [2.24, 2.45) is 0 Å². The van der Waals surface area contributed by atoms with Gasteiger partial charge in [0.2, 0.25) is 0 Å². The lowest BCUT2D eigenvalue weighted by Gasteiger charge is -2.11. The van der Waals surface area contributed by atoms with E-state index in [1.165, 1.54) is 6.07 Å². The highest BCUT2D eigenvalue weighted by atomic mass is 19.4. The van der Waals surface area contributed by atoms with E-state index < -0.39 is 11.7 Å². The number of rotatable bonds is 5. The molecule has 0 aliphatic carbocycles. The van der Waals surface area contributed by atoms with Gasteiger partial charge in [0.05, 0.1) is 5.56 Å². The highest BCUT2D eigenvalue weighted by Crippen LogP contribution is 2.33. The molecule has 3 aromatic carbocycles. The van der Waals surface area contributed by atoms with Crippen LogP contribution in [0.25, 0.3) is 11.1 Å². The third-order valence-corrected chi connectivity index (χ3v) is 3.85. The largest absolute Gasteiger partial charge is 0.489 e. The lowest BCUT2D eigenvalue weighted by molar-refractivity contribution is -0.137. The Bertz CT molecular complexity index is 885. The summed E-state index contributed by atoms with van der Waals surface area (Å²) in [6.45, 7) is 0.402. The van der Waals surface area contributed by atoms with E-state index in [1.807, 2.05) is 30.3 Å². The molecule has 0 aromatic heterocycles. The molecule has 0 saturated heterocycles. The molecule has 0 aliphatic heterocycles. The van der Waals surface area contributed by atoms with Gasteiger partial charge < -0.3 is 4.74 Å². The van der Waals surface area contributed by atoms with Gasteiger partial charge in [0, 0.05) is 5.56 Å². The van der Waals surface area contributed by atoms with Gasteiger partial charge in [-0.25, -0.2) is 0 Å². The molecule has 3 aromatic rings. The highest BCUT2D eigenvalue weighted by Gasteiger charge is 2.31. The van der Waals surface area contributed by atoms with Crippen molar-refractivity contribution >= 4 is 6.29 Å². The number of ether oxygens (including phenoxy) is 1. The molecular formula is C21H15F3O2. The van der Waals surface area contributed by atoms with Crippen molar-refractivity contribution in [1.82, 2.24) is 0 Å². The smallest absolute Gasteiger partial charge is 0.416 e. The van der Waals surface area contributed by atoms with Crippen LogP contribution in [0.2, 0.25) is 0 Å². The average Bonchev–Trinajstić information content (AvgIpc) is 2.66. The summed E-state index contributed by atoms with van der Waals surface area (Å²) in [5.74, 6) is 0.611. The number of halogens is 3. The molecule has 0 spiro atoms. The summed E-state index contributed by atoms with van der Waals surface area (Å²) in [6.07, 6.45) is -4.09. The molecule has 2 nitrogen and oxygen atoms in total. The zero-order chi connectivity index (χ0) is 18.6. The Hall–Kier alpha value is -3.08.